The zero-order valence-electron chi connectivity index (χ0n) is 17.9. The zero-order chi connectivity index (χ0) is 20.1. The molecule has 1 aromatic heterocycles. The molecule has 1 fully saturated rings. The lowest BCUT2D eigenvalue weighted by Gasteiger charge is -2.29. The lowest BCUT2D eigenvalue weighted by atomic mass is 9.98. The minimum absolute atomic E-state index is 0.668. The van der Waals surface area contributed by atoms with E-state index in [0.29, 0.717) is 5.92 Å². The third kappa shape index (κ3) is 4.39. The van der Waals surface area contributed by atoms with Crippen LogP contribution >= 0.6 is 0 Å². The summed E-state index contributed by atoms with van der Waals surface area (Å²) in [5, 5.41) is 0. The molecule has 0 saturated carbocycles. The second-order valence-electron chi connectivity index (χ2n) is 7.52. The summed E-state index contributed by atoms with van der Waals surface area (Å²) in [5.74, 6) is 2.59. The Morgan fingerprint density at radius 2 is 1.75 bits per heavy atom. The SMILES string of the molecule is CC.Cc1c(OCC2CCN(C)CC2)ccc(-c2nc3ccccc3[nH]2)c1C. The van der Waals surface area contributed by atoms with Crippen molar-refractivity contribution in [1.82, 2.24) is 14.9 Å². The predicted octanol–water partition coefficient (Wildman–Crippen LogP) is 5.59. The van der Waals surface area contributed by atoms with Crippen LogP contribution in [-0.2, 0) is 0 Å². The number of nitrogens with zero attached hydrogens (tertiary/aromatic N) is 2. The fourth-order valence-corrected chi connectivity index (χ4v) is 3.73. The second-order valence-corrected chi connectivity index (χ2v) is 7.52. The van der Waals surface area contributed by atoms with Crippen LogP contribution in [0.15, 0.2) is 36.4 Å². The summed E-state index contributed by atoms with van der Waals surface area (Å²) in [6, 6.07) is 12.4. The zero-order valence-corrected chi connectivity index (χ0v) is 17.9. The van der Waals surface area contributed by atoms with Crippen molar-refractivity contribution >= 4 is 11.0 Å². The number of likely N-dealkylation sites (tertiary alicyclic amines) is 1. The molecule has 2 aromatic carbocycles. The molecule has 28 heavy (non-hydrogen) atoms. The standard InChI is InChI=1S/C22H27N3O.C2H6/c1-15-16(2)21(26-14-17-10-12-25(3)13-11-17)9-8-18(15)22-23-19-6-4-5-7-20(19)24-22;1-2/h4-9,17H,10-14H2,1-3H3,(H,23,24);1-2H3. The van der Waals surface area contributed by atoms with Crippen LogP contribution in [0.2, 0.25) is 0 Å². The number of H-pyrrole nitrogens is 1. The molecule has 2 heterocycles. The van der Waals surface area contributed by atoms with Crippen molar-refractivity contribution in [3.63, 3.8) is 0 Å². The molecule has 4 rings (SSSR count). The molecule has 0 atom stereocenters. The van der Waals surface area contributed by atoms with E-state index in [2.05, 4.69) is 49.0 Å². The van der Waals surface area contributed by atoms with Crippen LogP contribution < -0.4 is 4.74 Å². The Hall–Kier alpha value is -2.33. The molecule has 0 radical (unpaired) electrons. The highest BCUT2D eigenvalue weighted by Crippen LogP contribution is 2.31. The fraction of sp³-hybridized carbons (Fsp3) is 0.458. The van der Waals surface area contributed by atoms with Gasteiger partial charge in [0.2, 0.25) is 0 Å². The van der Waals surface area contributed by atoms with Crippen LogP contribution in [0.3, 0.4) is 0 Å². The highest BCUT2D eigenvalue weighted by atomic mass is 16.5. The average Bonchev–Trinajstić information content (AvgIpc) is 3.16. The second kappa shape index (κ2) is 9.24. The van der Waals surface area contributed by atoms with E-state index in [4.69, 9.17) is 9.72 Å². The van der Waals surface area contributed by atoms with Crippen LogP contribution in [0.5, 0.6) is 5.75 Å². The van der Waals surface area contributed by atoms with Gasteiger partial charge in [0.15, 0.2) is 0 Å². The predicted molar refractivity (Wildman–Crippen MR) is 118 cm³/mol. The highest BCUT2D eigenvalue weighted by Gasteiger charge is 2.18. The minimum Gasteiger partial charge on any atom is -0.493 e. The summed E-state index contributed by atoms with van der Waals surface area (Å²) in [6.45, 7) is 11.5. The molecule has 0 amide bonds. The maximum absolute atomic E-state index is 6.19. The van der Waals surface area contributed by atoms with Gasteiger partial charge in [0, 0.05) is 5.56 Å². The van der Waals surface area contributed by atoms with E-state index in [9.17, 15) is 0 Å². The highest BCUT2D eigenvalue weighted by molar-refractivity contribution is 5.80. The first-order valence-electron chi connectivity index (χ1n) is 10.5. The monoisotopic (exact) mass is 379 g/mol. The molecule has 0 spiro atoms. The normalized spacial score (nSPS) is 15.3. The minimum atomic E-state index is 0.668. The number of hydrogen-bond acceptors (Lipinski definition) is 3. The van der Waals surface area contributed by atoms with Gasteiger partial charge in [0.1, 0.15) is 11.6 Å². The van der Waals surface area contributed by atoms with Gasteiger partial charge in [-0.3, -0.25) is 0 Å². The average molecular weight is 380 g/mol. The van der Waals surface area contributed by atoms with Gasteiger partial charge in [-0.25, -0.2) is 4.98 Å². The summed E-state index contributed by atoms with van der Waals surface area (Å²) in [6.07, 6.45) is 2.46. The summed E-state index contributed by atoms with van der Waals surface area (Å²) in [7, 11) is 2.20. The maximum atomic E-state index is 6.19. The number of para-hydroxylation sites is 2. The number of aromatic amines is 1. The lowest BCUT2D eigenvalue weighted by molar-refractivity contribution is 0.159. The molecule has 1 aliphatic rings. The van der Waals surface area contributed by atoms with Gasteiger partial charge in [0.25, 0.3) is 0 Å². The molecule has 0 aliphatic carbocycles. The fourth-order valence-electron chi connectivity index (χ4n) is 3.73. The Morgan fingerprint density at radius 3 is 2.46 bits per heavy atom. The molecule has 4 heteroatoms. The van der Waals surface area contributed by atoms with Crippen molar-refractivity contribution in [2.24, 2.45) is 5.92 Å². The summed E-state index contributed by atoms with van der Waals surface area (Å²) < 4.78 is 6.19. The molecule has 0 unspecified atom stereocenters. The van der Waals surface area contributed by atoms with E-state index < -0.39 is 0 Å². The molecule has 3 aromatic rings. The molecular formula is C24H33N3O. The van der Waals surface area contributed by atoms with E-state index in [-0.39, 0.29) is 0 Å². The first-order chi connectivity index (χ1) is 13.6. The Bertz CT molecular complexity index is 874. The number of nitrogens with one attached hydrogen (secondary N) is 1. The van der Waals surface area contributed by atoms with Gasteiger partial charge in [-0.05, 0) is 88.1 Å². The summed E-state index contributed by atoms with van der Waals surface area (Å²) >= 11 is 0. The quantitative estimate of drug-likeness (QED) is 0.642. The smallest absolute Gasteiger partial charge is 0.138 e. The number of piperidine rings is 1. The van der Waals surface area contributed by atoms with Crippen molar-refractivity contribution in [2.75, 3.05) is 26.7 Å². The molecule has 1 aliphatic heterocycles. The van der Waals surface area contributed by atoms with Gasteiger partial charge < -0.3 is 14.6 Å². The molecular weight excluding hydrogens is 346 g/mol. The Balaban J connectivity index is 0.00000109. The van der Waals surface area contributed by atoms with Gasteiger partial charge in [0.05, 0.1) is 17.6 Å². The first-order valence-corrected chi connectivity index (χ1v) is 10.5. The summed E-state index contributed by atoms with van der Waals surface area (Å²) in [5.41, 5.74) is 5.65. The molecule has 1 saturated heterocycles. The number of fused-ring (bicyclic) bond motifs is 1. The number of imidazole rings is 1. The van der Waals surface area contributed by atoms with Crippen LogP contribution in [0, 0.1) is 19.8 Å². The van der Waals surface area contributed by atoms with Gasteiger partial charge in [-0.1, -0.05) is 26.0 Å². The summed E-state index contributed by atoms with van der Waals surface area (Å²) in [4.78, 5) is 10.6. The number of aromatic nitrogens is 2. The van der Waals surface area contributed by atoms with Crippen molar-refractivity contribution in [3.8, 4) is 17.1 Å². The number of benzene rings is 2. The van der Waals surface area contributed by atoms with E-state index in [0.717, 1.165) is 34.8 Å². The largest absolute Gasteiger partial charge is 0.493 e. The first kappa shape index (κ1) is 20.4. The van der Waals surface area contributed by atoms with Gasteiger partial charge in [-0.2, -0.15) is 0 Å². The van der Waals surface area contributed by atoms with E-state index in [1.165, 1.54) is 37.1 Å². The maximum Gasteiger partial charge on any atom is 0.138 e. The number of rotatable bonds is 4. The van der Waals surface area contributed by atoms with Crippen LogP contribution in [0.25, 0.3) is 22.4 Å². The van der Waals surface area contributed by atoms with E-state index >= 15 is 0 Å². The Morgan fingerprint density at radius 1 is 1.04 bits per heavy atom. The molecule has 0 bridgehead atoms. The van der Waals surface area contributed by atoms with Crippen LogP contribution in [0.4, 0.5) is 0 Å². The van der Waals surface area contributed by atoms with Crippen molar-refractivity contribution in [3.05, 3.63) is 47.5 Å². The Labute approximate surface area is 168 Å². The topological polar surface area (TPSA) is 41.1 Å². The molecule has 1 N–H and O–H groups in total. The Kier molecular flexibility index (Phi) is 6.74. The number of ether oxygens (including phenoxy) is 1. The molecule has 150 valence electrons. The van der Waals surface area contributed by atoms with E-state index in [1.54, 1.807) is 0 Å². The third-order valence-electron chi connectivity index (χ3n) is 5.69. The van der Waals surface area contributed by atoms with Crippen LogP contribution in [-0.4, -0.2) is 41.6 Å². The molecule has 4 nitrogen and oxygen atoms in total. The van der Waals surface area contributed by atoms with E-state index in [1.807, 2.05) is 32.0 Å². The van der Waals surface area contributed by atoms with Crippen molar-refractivity contribution < 1.29 is 4.74 Å². The van der Waals surface area contributed by atoms with Crippen molar-refractivity contribution in [1.29, 1.82) is 0 Å². The number of hydrogen-bond donors (Lipinski definition) is 1. The van der Waals surface area contributed by atoms with Gasteiger partial charge >= 0.3 is 0 Å². The van der Waals surface area contributed by atoms with Gasteiger partial charge in [-0.15, -0.1) is 0 Å². The van der Waals surface area contributed by atoms with Crippen molar-refractivity contribution in [2.45, 2.75) is 40.5 Å². The van der Waals surface area contributed by atoms with Crippen LogP contribution in [0.1, 0.15) is 37.8 Å². The third-order valence-corrected chi connectivity index (χ3v) is 5.69. The lowest BCUT2D eigenvalue weighted by Crippen LogP contribution is -2.32.